The number of rotatable bonds is 3. The molecule has 0 bridgehead atoms. The van der Waals surface area contributed by atoms with Gasteiger partial charge in [0.25, 0.3) is 0 Å². The van der Waals surface area contributed by atoms with E-state index in [-0.39, 0.29) is 6.61 Å². The topological polar surface area (TPSA) is 35.5 Å². The summed E-state index contributed by atoms with van der Waals surface area (Å²) in [5.41, 5.74) is 2.14. The molecule has 0 aliphatic carbocycles. The van der Waals surface area contributed by atoms with Crippen molar-refractivity contribution in [3.8, 4) is 0 Å². The Hall–Kier alpha value is -1.06. The fourth-order valence-electron chi connectivity index (χ4n) is 3.35. The monoisotopic (exact) mass is 246 g/mol. The Kier molecular flexibility index (Phi) is 3.52. The first-order valence-electron chi connectivity index (χ1n) is 7.05. The van der Waals surface area contributed by atoms with Gasteiger partial charge in [0.1, 0.15) is 0 Å². The summed E-state index contributed by atoms with van der Waals surface area (Å²) >= 11 is 0. The van der Waals surface area contributed by atoms with Gasteiger partial charge in [-0.15, -0.1) is 0 Å². The Morgan fingerprint density at radius 3 is 3.11 bits per heavy atom. The minimum absolute atomic E-state index is 0.122. The molecule has 2 unspecified atom stereocenters. The van der Waals surface area contributed by atoms with Crippen LogP contribution in [0.25, 0.3) is 0 Å². The van der Waals surface area contributed by atoms with Gasteiger partial charge in [0.2, 0.25) is 0 Å². The molecule has 1 aromatic rings. The number of hydrogen-bond acceptors (Lipinski definition) is 3. The van der Waals surface area contributed by atoms with E-state index in [0.29, 0.717) is 6.04 Å². The van der Waals surface area contributed by atoms with E-state index in [1.165, 1.54) is 38.8 Å². The van der Waals surface area contributed by atoms with Crippen molar-refractivity contribution >= 4 is 5.69 Å². The maximum atomic E-state index is 9.16. The van der Waals surface area contributed by atoms with Crippen molar-refractivity contribution in [3.05, 3.63) is 29.8 Å². The van der Waals surface area contributed by atoms with Crippen molar-refractivity contribution < 1.29 is 5.11 Å². The largest absolute Gasteiger partial charge is 0.392 e. The predicted octanol–water partition coefficient (Wildman–Crippen LogP) is 2.22. The molecule has 2 aliphatic rings. The predicted molar refractivity (Wildman–Crippen MR) is 73.6 cm³/mol. The van der Waals surface area contributed by atoms with Gasteiger partial charge >= 0.3 is 0 Å². The summed E-state index contributed by atoms with van der Waals surface area (Å²) in [5, 5.41) is 12.8. The standard InChI is InChI=1S/C15H22N2O/c18-11-12-3-1-4-13(9-12)16-14-6-8-17-7-2-5-15(17)10-14/h1,3-4,9,14-16,18H,2,5-8,10-11H2. The summed E-state index contributed by atoms with van der Waals surface area (Å²) in [6.45, 7) is 2.66. The van der Waals surface area contributed by atoms with Crippen LogP contribution >= 0.6 is 0 Å². The minimum Gasteiger partial charge on any atom is -0.392 e. The Labute approximate surface area is 109 Å². The summed E-state index contributed by atoms with van der Waals surface area (Å²) in [5.74, 6) is 0. The molecule has 98 valence electrons. The van der Waals surface area contributed by atoms with Gasteiger partial charge in [0.05, 0.1) is 6.61 Å². The second-order valence-corrected chi connectivity index (χ2v) is 5.56. The zero-order chi connectivity index (χ0) is 12.4. The summed E-state index contributed by atoms with van der Waals surface area (Å²) < 4.78 is 0. The second-order valence-electron chi connectivity index (χ2n) is 5.56. The number of nitrogens with one attached hydrogen (secondary N) is 1. The van der Waals surface area contributed by atoms with E-state index < -0.39 is 0 Å². The molecule has 2 atom stereocenters. The van der Waals surface area contributed by atoms with E-state index in [2.05, 4.69) is 22.3 Å². The van der Waals surface area contributed by atoms with Crippen molar-refractivity contribution in [2.75, 3.05) is 18.4 Å². The number of benzene rings is 1. The van der Waals surface area contributed by atoms with Crippen molar-refractivity contribution in [2.24, 2.45) is 0 Å². The smallest absolute Gasteiger partial charge is 0.0682 e. The molecule has 0 saturated carbocycles. The van der Waals surface area contributed by atoms with Crippen molar-refractivity contribution in [3.63, 3.8) is 0 Å². The van der Waals surface area contributed by atoms with Crippen molar-refractivity contribution in [1.29, 1.82) is 0 Å². The molecular formula is C15H22N2O. The summed E-state index contributed by atoms with van der Waals surface area (Å²) in [4.78, 5) is 2.64. The van der Waals surface area contributed by atoms with E-state index in [1.807, 2.05) is 12.1 Å². The van der Waals surface area contributed by atoms with Crippen LogP contribution in [-0.4, -0.2) is 35.2 Å². The molecule has 0 amide bonds. The first-order valence-corrected chi connectivity index (χ1v) is 7.05. The fourth-order valence-corrected chi connectivity index (χ4v) is 3.35. The molecular weight excluding hydrogens is 224 g/mol. The molecule has 18 heavy (non-hydrogen) atoms. The third-order valence-electron chi connectivity index (χ3n) is 4.30. The van der Waals surface area contributed by atoms with Gasteiger partial charge in [-0.3, -0.25) is 0 Å². The summed E-state index contributed by atoms with van der Waals surface area (Å²) in [6, 6.07) is 9.53. The highest BCUT2D eigenvalue weighted by molar-refractivity contribution is 5.46. The second kappa shape index (κ2) is 5.29. The molecule has 2 N–H and O–H groups in total. The number of hydrogen-bond donors (Lipinski definition) is 2. The normalized spacial score (nSPS) is 28.1. The Bertz CT molecular complexity index is 407. The zero-order valence-corrected chi connectivity index (χ0v) is 10.8. The molecule has 3 nitrogen and oxygen atoms in total. The lowest BCUT2D eigenvalue weighted by Gasteiger charge is -2.35. The average Bonchev–Trinajstić information content (AvgIpc) is 2.86. The van der Waals surface area contributed by atoms with Crippen molar-refractivity contribution in [2.45, 2.75) is 44.4 Å². The van der Waals surface area contributed by atoms with Gasteiger partial charge in [-0.25, -0.2) is 0 Å². The number of piperidine rings is 1. The maximum Gasteiger partial charge on any atom is 0.0682 e. The summed E-state index contributed by atoms with van der Waals surface area (Å²) in [6.07, 6.45) is 5.25. The highest BCUT2D eigenvalue weighted by atomic mass is 16.3. The molecule has 3 heteroatoms. The lowest BCUT2D eigenvalue weighted by atomic mass is 9.97. The molecule has 2 aliphatic heterocycles. The Balaban J connectivity index is 1.62. The van der Waals surface area contributed by atoms with Gasteiger partial charge in [0, 0.05) is 24.3 Å². The number of aliphatic hydroxyl groups is 1. The van der Waals surface area contributed by atoms with E-state index in [9.17, 15) is 0 Å². The van der Waals surface area contributed by atoms with Gasteiger partial charge in [-0.05, 0) is 49.9 Å². The molecule has 0 aromatic heterocycles. The lowest BCUT2D eigenvalue weighted by molar-refractivity contribution is 0.188. The highest BCUT2D eigenvalue weighted by Crippen LogP contribution is 2.28. The SMILES string of the molecule is OCc1cccc(NC2CCN3CCCC3C2)c1. The molecule has 2 fully saturated rings. The highest BCUT2D eigenvalue weighted by Gasteiger charge is 2.31. The number of aliphatic hydroxyl groups excluding tert-OH is 1. The minimum atomic E-state index is 0.122. The van der Waals surface area contributed by atoms with Crippen LogP contribution in [0.2, 0.25) is 0 Å². The third-order valence-corrected chi connectivity index (χ3v) is 4.30. The third kappa shape index (κ3) is 2.52. The quantitative estimate of drug-likeness (QED) is 0.858. The zero-order valence-electron chi connectivity index (χ0n) is 10.8. The first-order chi connectivity index (χ1) is 8.85. The molecule has 3 rings (SSSR count). The van der Waals surface area contributed by atoms with Crippen LogP contribution in [0.4, 0.5) is 5.69 Å². The Morgan fingerprint density at radius 1 is 1.28 bits per heavy atom. The van der Waals surface area contributed by atoms with Crippen LogP contribution in [0.15, 0.2) is 24.3 Å². The van der Waals surface area contributed by atoms with E-state index in [4.69, 9.17) is 5.11 Å². The average molecular weight is 246 g/mol. The van der Waals surface area contributed by atoms with E-state index in [1.54, 1.807) is 0 Å². The first kappa shape index (κ1) is 12.0. The maximum absolute atomic E-state index is 9.16. The van der Waals surface area contributed by atoms with Crippen LogP contribution in [0.1, 0.15) is 31.2 Å². The number of nitrogens with zero attached hydrogens (tertiary/aromatic N) is 1. The lowest BCUT2D eigenvalue weighted by Crippen LogP contribution is -2.42. The van der Waals surface area contributed by atoms with Crippen LogP contribution < -0.4 is 5.32 Å². The van der Waals surface area contributed by atoms with Gasteiger partial charge < -0.3 is 15.3 Å². The van der Waals surface area contributed by atoms with Crippen LogP contribution in [0.3, 0.4) is 0 Å². The summed E-state index contributed by atoms with van der Waals surface area (Å²) in [7, 11) is 0. The molecule has 2 saturated heterocycles. The molecule has 0 radical (unpaired) electrons. The molecule has 0 spiro atoms. The number of fused-ring (bicyclic) bond motifs is 1. The van der Waals surface area contributed by atoms with E-state index in [0.717, 1.165) is 17.3 Å². The molecule has 2 heterocycles. The van der Waals surface area contributed by atoms with Crippen LogP contribution in [-0.2, 0) is 6.61 Å². The van der Waals surface area contributed by atoms with Gasteiger partial charge in [0.15, 0.2) is 0 Å². The Morgan fingerprint density at radius 2 is 2.22 bits per heavy atom. The van der Waals surface area contributed by atoms with Crippen LogP contribution in [0.5, 0.6) is 0 Å². The van der Waals surface area contributed by atoms with Crippen LogP contribution in [0, 0.1) is 0 Å². The molecule has 1 aromatic carbocycles. The van der Waals surface area contributed by atoms with Gasteiger partial charge in [-0.1, -0.05) is 12.1 Å². The number of anilines is 1. The van der Waals surface area contributed by atoms with Crippen molar-refractivity contribution in [1.82, 2.24) is 4.90 Å². The van der Waals surface area contributed by atoms with Gasteiger partial charge in [-0.2, -0.15) is 0 Å². The van der Waals surface area contributed by atoms with E-state index >= 15 is 0 Å². The fraction of sp³-hybridized carbons (Fsp3) is 0.600.